The summed E-state index contributed by atoms with van der Waals surface area (Å²) in [7, 11) is 0. The van der Waals surface area contributed by atoms with Gasteiger partial charge in [0.2, 0.25) is 11.8 Å². The van der Waals surface area contributed by atoms with E-state index in [9.17, 15) is 24.0 Å². The van der Waals surface area contributed by atoms with Gasteiger partial charge in [-0.15, -0.1) is 0 Å². The van der Waals surface area contributed by atoms with Crippen LogP contribution in [0.2, 0.25) is 0 Å². The third-order valence-electron chi connectivity index (χ3n) is 7.67. The number of benzene rings is 1. The van der Waals surface area contributed by atoms with Crippen molar-refractivity contribution < 1.29 is 24.0 Å². The van der Waals surface area contributed by atoms with Crippen molar-refractivity contribution >= 4 is 29.8 Å². The van der Waals surface area contributed by atoms with Gasteiger partial charge in [0.1, 0.15) is 0 Å². The lowest BCUT2D eigenvalue weighted by Crippen LogP contribution is -2.91. The first-order chi connectivity index (χ1) is 14.7. The number of hydrogen-bond donors (Lipinski definition) is 2. The highest BCUT2D eigenvalue weighted by molar-refractivity contribution is 6.10. The number of fused-ring (bicyclic) bond motifs is 1. The van der Waals surface area contributed by atoms with Gasteiger partial charge in [-0.05, 0) is 26.0 Å². The van der Waals surface area contributed by atoms with E-state index in [0.29, 0.717) is 5.56 Å². The number of nitrogens with zero attached hydrogens (tertiary/aromatic N) is 3. The smallest absolute Gasteiger partial charge is 0.324 e. The van der Waals surface area contributed by atoms with Crippen LogP contribution in [0.1, 0.15) is 24.2 Å². The van der Waals surface area contributed by atoms with Crippen LogP contribution in [0.3, 0.4) is 0 Å². The second-order valence-electron chi connectivity index (χ2n) is 8.86. The fourth-order valence-electron chi connectivity index (χ4n) is 5.72. The first-order valence-corrected chi connectivity index (χ1v) is 10.3. The molecule has 162 valence electrons. The first-order valence-electron chi connectivity index (χ1n) is 10.3. The van der Waals surface area contributed by atoms with Gasteiger partial charge in [0.25, 0.3) is 5.91 Å². The van der Waals surface area contributed by atoms with Crippen LogP contribution in [0.4, 0.5) is 9.59 Å². The predicted octanol–water partition coefficient (Wildman–Crippen LogP) is 0.00940. The van der Waals surface area contributed by atoms with E-state index in [1.165, 1.54) is 9.80 Å². The van der Waals surface area contributed by atoms with Gasteiger partial charge in [0.05, 0.1) is 22.9 Å². The number of hydrogen-bond acceptors (Lipinski definition) is 5. The van der Waals surface area contributed by atoms with Crippen molar-refractivity contribution in [2.75, 3.05) is 26.2 Å². The molecule has 2 N–H and O–H groups in total. The maximum absolute atomic E-state index is 13.1. The van der Waals surface area contributed by atoms with Crippen molar-refractivity contribution in [3.8, 4) is 0 Å². The fourth-order valence-corrected chi connectivity index (χ4v) is 5.72. The Hall–Kier alpha value is -3.43. The fraction of sp³-hybridized carbons (Fsp3) is 0.476. The highest BCUT2D eigenvalue weighted by Crippen LogP contribution is 2.63. The highest BCUT2D eigenvalue weighted by atomic mass is 16.2. The molecule has 4 unspecified atom stereocenters. The van der Waals surface area contributed by atoms with E-state index in [2.05, 4.69) is 10.6 Å². The lowest BCUT2D eigenvalue weighted by molar-refractivity contribution is -0.212. The van der Waals surface area contributed by atoms with E-state index >= 15 is 0 Å². The van der Waals surface area contributed by atoms with Crippen LogP contribution in [0.15, 0.2) is 30.3 Å². The molecule has 3 aliphatic heterocycles. The van der Waals surface area contributed by atoms with Crippen molar-refractivity contribution in [2.45, 2.75) is 25.9 Å². The average Bonchev–Trinajstić information content (AvgIpc) is 2.84. The number of rotatable bonds is 1. The molecule has 3 saturated heterocycles. The Morgan fingerprint density at radius 2 is 1.26 bits per heavy atom. The van der Waals surface area contributed by atoms with E-state index in [-0.39, 0.29) is 32.1 Å². The summed E-state index contributed by atoms with van der Waals surface area (Å²) in [5, 5.41) is 4.74. The molecule has 0 aromatic heterocycles. The van der Waals surface area contributed by atoms with Crippen molar-refractivity contribution in [1.29, 1.82) is 0 Å². The summed E-state index contributed by atoms with van der Waals surface area (Å²) in [6, 6.07) is 6.38. The van der Waals surface area contributed by atoms with Crippen molar-refractivity contribution in [3.05, 3.63) is 35.9 Å². The molecule has 10 heteroatoms. The Balaban J connectivity index is 1.55. The minimum atomic E-state index is -1.19. The Bertz CT molecular complexity index is 972. The summed E-state index contributed by atoms with van der Waals surface area (Å²) in [5.74, 6) is -1.24. The summed E-state index contributed by atoms with van der Waals surface area (Å²) in [4.78, 5) is 68.9. The number of imide groups is 2. The minimum absolute atomic E-state index is 0.189. The normalized spacial score (nSPS) is 34.6. The van der Waals surface area contributed by atoms with Gasteiger partial charge in [0.15, 0.2) is 0 Å². The second kappa shape index (κ2) is 6.29. The molecule has 0 radical (unpaired) electrons. The molecule has 10 nitrogen and oxygen atoms in total. The molecule has 7 amide bonds. The Labute approximate surface area is 178 Å². The molecule has 4 fully saturated rings. The minimum Gasteiger partial charge on any atom is -0.335 e. The molecule has 1 aromatic rings. The first kappa shape index (κ1) is 19.5. The Morgan fingerprint density at radius 3 is 1.71 bits per heavy atom. The van der Waals surface area contributed by atoms with Gasteiger partial charge < -0.3 is 14.7 Å². The standard InChI is InChI=1S/C21H23N5O5/c1-20-13-14-21(20,2)17(29)23-19(31)26(14)11-9-24(15(27)12-6-4-3-5-7-12)8-10-25(13)18(30)22-16(20)28/h3-7,13-14H,8-11H2,1-2H3,(H,22,28,30)(H,23,29,31). The van der Waals surface area contributed by atoms with Crippen LogP contribution in [-0.2, 0) is 9.59 Å². The molecule has 0 spiro atoms. The van der Waals surface area contributed by atoms with Crippen LogP contribution in [0, 0.1) is 10.8 Å². The lowest BCUT2D eigenvalue weighted by Gasteiger charge is -2.71. The van der Waals surface area contributed by atoms with Gasteiger partial charge in [-0.2, -0.15) is 0 Å². The summed E-state index contributed by atoms with van der Waals surface area (Å²) in [5.41, 5.74) is -1.86. The molecule has 1 aromatic carbocycles. The summed E-state index contributed by atoms with van der Waals surface area (Å²) in [6.07, 6.45) is 0. The van der Waals surface area contributed by atoms with Crippen molar-refractivity contribution in [2.24, 2.45) is 10.8 Å². The summed E-state index contributed by atoms with van der Waals surface area (Å²) < 4.78 is 0. The van der Waals surface area contributed by atoms with Gasteiger partial charge >= 0.3 is 12.1 Å². The maximum atomic E-state index is 13.1. The van der Waals surface area contributed by atoms with Gasteiger partial charge in [-0.3, -0.25) is 25.0 Å². The highest BCUT2D eigenvalue weighted by Gasteiger charge is 2.80. The number of carbonyl (C=O) groups excluding carboxylic acids is 5. The number of carbonyl (C=O) groups is 5. The zero-order chi connectivity index (χ0) is 22.1. The molecule has 1 aliphatic carbocycles. The van der Waals surface area contributed by atoms with Crippen molar-refractivity contribution in [1.82, 2.24) is 25.3 Å². The van der Waals surface area contributed by atoms with Gasteiger partial charge in [-0.1, -0.05) is 18.2 Å². The molecule has 1 saturated carbocycles. The molecule has 31 heavy (non-hydrogen) atoms. The maximum Gasteiger partial charge on any atom is 0.324 e. The number of amides is 7. The SMILES string of the molecule is CC12C(=O)NC(=O)N3CCN(C(=O)c4ccccc4)CCN4C(=O)NC(=O)C1(C)C4C32. The van der Waals surface area contributed by atoms with Crippen molar-refractivity contribution in [3.63, 3.8) is 0 Å². The molecule has 4 atom stereocenters. The van der Waals surface area contributed by atoms with Gasteiger partial charge in [0, 0.05) is 31.7 Å². The van der Waals surface area contributed by atoms with Crippen LogP contribution < -0.4 is 10.6 Å². The van der Waals surface area contributed by atoms with E-state index in [1.807, 2.05) is 6.07 Å². The predicted molar refractivity (Wildman–Crippen MR) is 107 cm³/mol. The molecular formula is C21H23N5O5. The Kier molecular flexibility index (Phi) is 3.96. The van der Waals surface area contributed by atoms with E-state index < -0.39 is 46.8 Å². The number of urea groups is 2. The third kappa shape index (κ3) is 2.30. The van der Waals surface area contributed by atoms with Crippen LogP contribution in [-0.4, -0.2) is 82.7 Å². The molecule has 0 bridgehead atoms. The number of nitrogens with one attached hydrogen (secondary N) is 2. The topological polar surface area (TPSA) is 119 Å². The van der Waals surface area contributed by atoms with E-state index in [1.54, 1.807) is 43.0 Å². The van der Waals surface area contributed by atoms with Crippen LogP contribution in [0.5, 0.6) is 0 Å². The van der Waals surface area contributed by atoms with Crippen LogP contribution >= 0.6 is 0 Å². The zero-order valence-electron chi connectivity index (χ0n) is 17.3. The molecule has 3 heterocycles. The summed E-state index contributed by atoms with van der Waals surface area (Å²) in [6.45, 7) is 4.20. The Morgan fingerprint density at radius 1 is 0.806 bits per heavy atom. The average molecular weight is 425 g/mol. The monoisotopic (exact) mass is 425 g/mol. The van der Waals surface area contributed by atoms with Gasteiger partial charge in [-0.25, -0.2) is 9.59 Å². The van der Waals surface area contributed by atoms with E-state index in [4.69, 9.17) is 0 Å². The third-order valence-corrected chi connectivity index (χ3v) is 7.67. The second-order valence-corrected chi connectivity index (χ2v) is 8.86. The van der Waals surface area contributed by atoms with Crippen LogP contribution in [0.25, 0.3) is 0 Å². The lowest BCUT2D eigenvalue weighted by atomic mass is 9.42. The zero-order valence-corrected chi connectivity index (χ0v) is 17.3. The largest absolute Gasteiger partial charge is 0.335 e. The molecule has 4 aliphatic rings. The van der Waals surface area contributed by atoms with E-state index in [0.717, 1.165) is 0 Å². The quantitative estimate of drug-likeness (QED) is 0.657. The molecular weight excluding hydrogens is 402 g/mol. The summed E-state index contributed by atoms with van der Waals surface area (Å²) >= 11 is 0. The molecule has 5 rings (SSSR count).